The molecule has 0 bridgehead atoms. The van der Waals surface area contributed by atoms with Crippen LogP contribution in [-0.4, -0.2) is 30.5 Å². The van der Waals surface area contributed by atoms with Crippen LogP contribution in [0.5, 0.6) is 5.75 Å². The van der Waals surface area contributed by atoms with Crippen molar-refractivity contribution in [3.63, 3.8) is 0 Å². The lowest BCUT2D eigenvalue weighted by molar-refractivity contribution is -0.120. The number of ether oxygens (including phenoxy) is 1. The van der Waals surface area contributed by atoms with Crippen molar-refractivity contribution in [2.75, 3.05) is 6.54 Å². The first kappa shape index (κ1) is 24.0. The molecule has 0 saturated carbocycles. The highest BCUT2D eigenvalue weighted by molar-refractivity contribution is 6.36. The number of hydrazone groups is 1. The van der Waals surface area contributed by atoms with Gasteiger partial charge >= 0.3 is 5.97 Å². The van der Waals surface area contributed by atoms with E-state index in [9.17, 15) is 14.4 Å². The Bertz CT molecular complexity index is 1230. The molecule has 168 valence electrons. The van der Waals surface area contributed by atoms with E-state index in [2.05, 4.69) is 15.8 Å². The molecule has 0 atom stereocenters. The van der Waals surface area contributed by atoms with E-state index in [0.29, 0.717) is 16.1 Å². The molecule has 0 aliphatic rings. The Balaban J connectivity index is 1.52. The van der Waals surface area contributed by atoms with Gasteiger partial charge in [-0.3, -0.25) is 9.59 Å². The maximum Gasteiger partial charge on any atom is 0.345 e. The van der Waals surface area contributed by atoms with Crippen LogP contribution in [0.3, 0.4) is 0 Å². The standard InChI is InChI=1S/C24H19Cl2N3O4/c1-15-5-2-3-8-19(15)23(31)27-14-22(30)29-28-13-16-6-4-7-18(11-16)33-24(32)20-10-9-17(25)12-21(20)26/h2-13H,14H2,1H3,(H,27,31)(H,29,30)/b28-13+. The minimum Gasteiger partial charge on any atom is -0.423 e. The van der Waals surface area contributed by atoms with Crippen LogP contribution in [0, 0.1) is 6.92 Å². The highest BCUT2D eigenvalue weighted by Gasteiger charge is 2.13. The van der Waals surface area contributed by atoms with Gasteiger partial charge in [0.1, 0.15) is 5.75 Å². The topological polar surface area (TPSA) is 96.9 Å². The number of carbonyl (C=O) groups excluding carboxylic acids is 3. The van der Waals surface area contributed by atoms with Crippen molar-refractivity contribution in [1.29, 1.82) is 0 Å². The molecule has 0 radical (unpaired) electrons. The van der Waals surface area contributed by atoms with Gasteiger partial charge in [0.25, 0.3) is 11.8 Å². The van der Waals surface area contributed by atoms with Crippen molar-refractivity contribution in [1.82, 2.24) is 10.7 Å². The second kappa shape index (κ2) is 11.3. The van der Waals surface area contributed by atoms with Gasteiger partial charge in [0.2, 0.25) is 0 Å². The van der Waals surface area contributed by atoms with E-state index in [1.807, 2.05) is 19.1 Å². The molecule has 0 aliphatic heterocycles. The molecule has 3 rings (SSSR count). The summed E-state index contributed by atoms with van der Waals surface area (Å²) >= 11 is 11.9. The van der Waals surface area contributed by atoms with E-state index in [-0.39, 0.29) is 28.8 Å². The fourth-order valence-electron chi connectivity index (χ4n) is 2.78. The number of esters is 1. The third kappa shape index (κ3) is 6.90. The van der Waals surface area contributed by atoms with Gasteiger partial charge in [-0.2, -0.15) is 5.10 Å². The summed E-state index contributed by atoms with van der Waals surface area (Å²) in [4.78, 5) is 36.4. The van der Waals surface area contributed by atoms with E-state index in [1.54, 1.807) is 42.5 Å². The third-order valence-corrected chi connectivity index (χ3v) is 4.97. The number of carbonyl (C=O) groups is 3. The Labute approximate surface area is 200 Å². The number of hydrogen-bond donors (Lipinski definition) is 2. The van der Waals surface area contributed by atoms with Crippen molar-refractivity contribution in [3.05, 3.63) is 99.0 Å². The van der Waals surface area contributed by atoms with Crippen LogP contribution in [0.2, 0.25) is 10.0 Å². The summed E-state index contributed by atoms with van der Waals surface area (Å²) in [5, 5.41) is 6.99. The lowest BCUT2D eigenvalue weighted by atomic mass is 10.1. The molecule has 0 aromatic heterocycles. The molecule has 9 heteroatoms. The summed E-state index contributed by atoms with van der Waals surface area (Å²) in [6, 6.07) is 18.1. The van der Waals surface area contributed by atoms with Gasteiger partial charge in [-0.05, 0) is 54.4 Å². The molecule has 0 heterocycles. The first-order valence-electron chi connectivity index (χ1n) is 9.76. The minimum absolute atomic E-state index is 0.181. The minimum atomic E-state index is -0.636. The molecule has 2 amide bonds. The van der Waals surface area contributed by atoms with E-state index >= 15 is 0 Å². The maximum absolute atomic E-state index is 12.3. The van der Waals surface area contributed by atoms with Crippen molar-refractivity contribution < 1.29 is 19.1 Å². The molecule has 0 spiro atoms. The van der Waals surface area contributed by atoms with Gasteiger partial charge in [-0.15, -0.1) is 0 Å². The highest BCUT2D eigenvalue weighted by atomic mass is 35.5. The Morgan fingerprint density at radius 1 is 0.970 bits per heavy atom. The smallest absolute Gasteiger partial charge is 0.345 e. The Morgan fingerprint density at radius 2 is 1.76 bits per heavy atom. The van der Waals surface area contributed by atoms with Crippen molar-refractivity contribution >= 4 is 47.2 Å². The maximum atomic E-state index is 12.3. The molecular formula is C24H19Cl2N3O4. The van der Waals surface area contributed by atoms with E-state index in [0.717, 1.165) is 5.56 Å². The molecule has 33 heavy (non-hydrogen) atoms. The predicted molar refractivity (Wildman–Crippen MR) is 127 cm³/mol. The normalized spacial score (nSPS) is 10.6. The lowest BCUT2D eigenvalue weighted by Crippen LogP contribution is -2.35. The lowest BCUT2D eigenvalue weighted by Gasteiger charge is -2.07. The fourth-order valence-corrected chi connectivity index (χ4v) is 3.26. The van der Waals surface area contributed by atoms with Crippen LogP contribution in [0.1, 0.15) is 31.8 Å². The van der Waals surface area contributed by atoms with Gasteiger partial charge < -0.3 is 10.1 Å². The molecule has 2 N–H and O–H groups in total. The average molecular weight is 484 g/mol. The Kier molecular flexibility index (Phi) is 8.18. The van der Waals surface area contributed by atoms with Crippen LogP contribution in [0.25, 0.3) is 0 Å². The molecule has 0 fully saturated rings. The predicted octanol–water partition coefficient (Wildman–Crippen LogP) is 4.40. The SMILES string of the molecule is Cc1ccccc1C(=O)NCC(=O)N/N=C/c1cccc(OC(=O)c2ccc(Cl)cc2Cl)c1. The first-order chi connectivity index (χ1) is 15.8. The number of nitrogens with one attached hydrogen (secondary N) is 2. The second-order valence-electron chi connectivity index (χ2n) is 6.88. The molecule has 3 aromatic carbocycles. The Morgan fingerprint density at radius 3 is 2.52 bits per heavy atom. The van der Waals surface area contributed by atoms with E-state index in [4.69, 9.17) is 27.9 Å². The largest absolute Gasteiger partial charge is 0.423 e. The highest BCUT2D eigenvalue weighted by Crippen LogP contribution is 2.23. The number of amides is 2. The van der Waals surface area contributed by atoms with Crippen LogP contribution in [0.4, 0.5) is 0 Å². The zero-order valence-corrected chi connectivity index (χ0v) is 19.0. The summed E-state index contributed by atoms with van der Waals surface area (Å²) in [7, 11) is 0. The van der Waals surface area contributed by atoms with Crippen molar-refractivity contribution in [2.45, 2.75) is 6.92 Å². The van der Waals surface area contributed by atoms with Crippen LogP contribution >= 0.6 is 23.2 Å². The third-order valence-electron chi connectivity index (χ3n) is 4.42. The molecule has 0 unspecified atom stereocenters. The van der Waals surface area contributed by atoms with Crippen LogP contribution in [0.15, 0.2) is 71.8 Å². The summed E-state index contributed by atoms with van der Waals surface area (Å²) in [5.41, 5.74) is 4.40. The van der Waals surface area contributed by atoms with Crippen molar-refractivity contribution in [2.24, 2.45) is 5.10 Å². The summed E-state index contributed by atoms with van der Waals surface area (Å²) in [6.07, 6.45) is 1.38. The summed E-state index contributed by atoms with van der Waals surface area (Å²) < 4.78 is 5.34. The van der Waals surface area contributed by atoms with Crippen LogP contribution in [-0.2, 0) is 4.79 Å². The van der Waals surface area contributed by atoms with Gasteiger partial charge in [0, 0.05) is 10.6 Å². The second-order valence-corrected chi connectivity index (χ2v) is 7.72. The summed E-state index contributed by atoms with van der Waals surface area (Å²) in [5.74, 6) is -1.20. The first-order valence-corrected chi connectivity index (χ1v) is 10.5. The zero-order chi connectivity index (χ0) is 23.8. The number of benzene rings is 3. The van der Waals surface area contributed by atoms with Crippen LogP contribution < -0.4 is 15.5 Å². The molecule has 0 saturated heterocycles. The van der Waals surface area contributed by atoms with Gasteiger partial charge in [-0.25, -0.2) is 10.2 Å². The number of nitrogens with zero attached hydrogens (tertiary/aromatic N) is 1. The number of hydrogen-bond acceptors (Lipinski definition) is 5. The monoisotopic (exact) mass is 483 g/mol. The molecule has 0 aliphatic carbocycles. The number of aryl methyl sites for hydroxylation is 1. The van der Waals surface area contributed by atoms with Crippen molar-refractivity contribution in [3.8, 4) is 5.75 Å². The fraction of sp³-hybridized carbons (Fsp3) is 0.0833. The quantitative estimate of drug-likeness (QED) is 0.225. The summed E-state index contributed by atoms with van der Waals surface area (Å²) in [6.45, 7) is 1.58. The average Bonchev–Trinajstić information content (AvgIpc) is 2.78. The van der Waals surface area contributed by atoms with E-state index in [1.165, 1.54) is 18.3 Å². The Hall–Kier alpha value is -3.68. The molecule has 7 nitrogen and oxygen atoms in total. The molecular weight excluding hydrogens is 465 g/mol. The number of rotatable bonds is 7. The zero-order valence-electron chi connectivity index (χ0n) is 17.5. The van der Waals surface area contributed by atoms with Gasteiger partial charge in [-0.1, -0.05) is 53.5 Å². The number of halogens is 2. The van der Waals surface area contributed by atoms with Gasteiger partial charge in [0.15, 0.2) is 0 Å². The van der Waals surface area contributed by atoms with E-state index < -0.39 is 11.9 Å². The van der Waals surface area contributed by atoms with Gasteiger partial charge in [0.05, 0.1) is 23.3 Å². The molecule has 3 aromatic rings.